The molecule has 8 nitrogen and oxygen atoms in total. The normalized spacial score (nSPS) is 17.1. The van der Waals surface area contributed by atoms with Gasteiger partial charge in [0.1, 0.15) is 6.61 Å². The fourth-order valence-corrected chi connectivity index (χ4v) is 3.03. The van der Waals surface area contributed by atoms with Crippen LogP contribution < -0.4 is 9.47 Å². The monoisotopic (exact) mass is 345 g/mol. The minimum atomic E-state index is 0.00396. The molecule has 0 radical (unpaired) electrons. The summed E-state index contributed by atoms with van der Waals surface area (Å²) in [5, 5.41) is 3.74. The van der Waals surface area contributed by atoms with Crippen molar-refractivity contribution >= 4 is 5.91 Å². The number of aryl methyl sites for hydroxylation is 1. The van der Waals surface area contributed by atoms with Gasteiger partial charge >= 0.3 is 0 Å². The molecule has 0 N–H and O–H groups in total. The van der Waals surface area contributed by atoms with Crippen LogP contribution in [0.25, 0.3) is 0 Å². The van der Waals surface area contributed by atoms with E-state index in [2.05, 4.69) is 10.1 Å². The number of nitrogens with zero attached hydrogens (tertiary/aromatic N) is 3. The smallest absolute Gasteiger partial charge is 0.253 e. The first-order valence-electron chi connectivity index (χ1n) is 8.29. The lowest BCUT2D eigenvalue weighted by Crippen LogP contribution is -2.40. The fraction of sp³-hybridized carbons (Fsp3) is 0.471. The average molecular weight is 345 g/mol. The molecule has 0 atom stereocenters. The second-order valence-corrected chi connectivity index (χ2v) is 6.11. The second-order valence-electron chi connectivity index (χ2n) is 6.11. The Balaban J connectivity index is 1.30. The average Bonchev–Trinajstić information content (AvgIpc) is 3.27. The third-order valence-electron chi connectivity index (χ3n) is 4.36. The summed E-state index contributed by atoms with van der Waals surface area (Å²) in [6, 6.07) is 5.29. The lowest BCUT2D eigenvalue weighted by molar-refractivity contribution is -0.00978. The maximum absolute atomic E-state index is 12.6. The van der Waals surface area contributed by atoms with Crippen molar-refractivity contribution in [2.75, 3.05) is 19.9 Å². The van der Waals surface area contributed by atoms with Crippen LogP contribution in [0.15, 0.2) is 22.7 Å². The van der Waals surface area contributed by atoms with Gasteiger partial charge in [0.2, 0.25) is 6.79 Å². The number of aromatic nitrogens is 2. The van der Waals surface area contributed by atoms with Gasteiger partial charge in [0, 0.05) is 18.7 Å². The van der Waals surface area contributed by atoms with Crippen LogP contribution in [0.1, 0.15) is 34.9 Å². The second kappa shape index (κ2) is 6.72. The van der Waals surface area contributed by atoms with E-state index in [0.29, 0.717) is 48.5 Å². The summed E-state index contributed by atoms with van der Waals surface area (Å²) in [6.45, 7) is 3.59. The molecule has 0 aliphatic carbocycles. The van der Waals surface area contributed by atoms with E-state index >= 15 is 0 Å². The van der Waals surface area contributed by atoms with Crippen LogP contribution in [0.2, 0.25) is 0 Å². The van der Waals surface area contributed by atoms with E-state index in [1.807, 2.05) is 4.90 Å². The molecule has 2 aliphatic rings. The Bertz CT molecular complexity index is 767. The maximum atomic E-state index is 12.6. The Morgan fingerprint density at radius 3 is 2.84 bits per heavy atom. The molecule has 132 valence electrons. The molecule has 2 aliphatic heterocycles. The van der Waals surface area contributed by atoms with Gasteiger partial charge in [-0.25, -0.2) is 0 Å². The number of carbonyl (C=O) groups is 1. The number of fused-ring (bicyclic) bond motifs is 1. The van der Waals surface area contributed by atoms with Crippen LogP contribution in [0.3, 0.4) is 0 Å². The number of rotatable bonds is 4. The van der Waals surface area contributed by atoms with Gasteiger partial charge in [0.15, 0.2) is 17.3 Å². The van der Waals surface area contributed by atoms with E-state index in [1.54, 1.807) is 25.1 Å². The van der Waals surface area contributed by atoms with E-state index in [0.717, 1.165) is 12.8 Å². The highest BCUT2D eigenvalue weighted by atomic mass is 16.7. The first-order chi connectivity index (χ1) is 12.2. The highest BCUT2D eigenvalue weighted by Gasteiger charge is 2.26. The van der Waals surface area contributed by atoms with Crippen LogP contribution in [0.5, 0.6) is 11.5 Å². The number of hydrogen-bond acceptors (Lipinski definition) is 7. The third-order valence-corrected chi connectivity index (χ3v) is 4.36. The van der Waals surface area contributed by atoms with Crippen molar-refractivity contribution in [1.29, 1.82) is 0 Å². The number of likely N-dealkylation sites (tertiary alicyclic amines) is 1. The molecule has 3 heterocycles. The molecule has 4 rings (SSSR count). The van der Waals surface area contributed by atoms with Crippen LogP contribution in [0, 0.1) is 6.92 Å². The van der Waals surface area contributed by atoms with Gasteiger partial charge in [0.25, 0.3) is 11.8 Å². The van der Waals surface area contributed by atoms with Gasteiger partial charge in [-0.2, -0.15) is 4.98 Å². The molecule has 1 amide bonds. The van der Waals surface area contributed by atoms with Crippen LogP contribution >= 0.6 is 0 Å². The van der Waals surface area contributed by atoms with Crippen molar-refractivity contribution in [1.82, 2.24) is 15.0 Å². The molecule has 1 aromatic heterocycles. The predicted molar refractivity (Wildman–Crippen MR) is 85.3 cm³/mol. The topological polar surface area (TPSA) is 86.9 Å². The zero-order chi connectivity index (χ0) is 17.2. The van der Waals surface area contributed by atoms with Crippen LogP contribution in [-0.2, 0) is 11.3 Å². The Kier molecular flexibility index (Phi) is 4.27. The summed E-state index contributed by atoms with van der Waals surface area (Å²) >= 11 is 0. The maximum Gasteiger partial charge on any atom is 0.253 e. The molecule has 0 saturated carbocycles. The SMILES string of the molecule is Cc1noc(COC2CCN(C(=O)c3ccc4c(c3)OCO4)CC2)n1. The van der Waals surface area contributed by atoms with E-state index in [1.165, 1.54) is 0 Å². The summed E-state index contributed by atoms with van der Waals surface area (Å²) in [5.74, 6) is 2.39. The Hall–Kier alpha value is -2.61. The minimum Gasteiger partial charge on any atom is -0.454 e. The van der Waals surface area contributed by atoms with Gasteiger partial charge in [-0.15, -0.1) is 0 Å². The first kappa shape index (κ1) is 15.9. The van der Waals surface area contributed by atoms with Gasteiger partial charge < -0.3 is 23.6 Å². The highest BCUT2D eigenvalue weighted by molar-refractivity contribution is 5.95. The Morgan fingerprint density at radius 2 is 2.08 bits per heavy atom. The molecule has 1 aromatic carbocycles. The summed E-state index contributed by atoms with van der Waals surface area (Å²) < 4.78 is 21.5. The number of piperidine rings is 1. The summed E-state index contributed by atoms with van der Waals surface area (Å²) in [7, 11) is 0. The van der Waals surface area contributed by atoms with Crippen molar-refractivity contribution < 1.29 is 23.5 Å². The predicted octanol–water partition coefficient (Wildman–Crippen LogP) is 1.93. The van der Waals surface area contributed by atoms with Crippen LogP contribution in [0.4, 0.5) is 0 Å². The highest BCUT2D eigenvalue weighted by Crippen LogP contribution is 2.33. The van der Waals surface area contributed by atoms with Gasteiger partial charge in [-0.1, -0.05) is 5.16 Å². The lowest BCUT2D eigenvalue weighted by Gasteiger charge is -2.31. The molecule has 1 saturated heterocycles. The summed E-state index contributed by atoms with van der Waals surface area (Å²) in [5.41, 5.74) is 0.616. The zero-order valence-electron chi connectivity index (χ0n) is 13.9. The van der Waals surface area contributed by atoms with E-state index in [9.17, 15) is 4.79 Å². The summed E-state index contributed by atoms with van der Waals surface area (Å²) in [4.78, 5) is 18.6. The largest absolute Gasteiger partial charge is 0.454 e. The molecule has 0 spiro atoms. The quantitative estimate of drug-likeness (QED) is 0.836. The molecule has 8 heteroatoms. The third kappa shape index (κ3) is 3.43. The van der Waals surface area contributed by atoms with E-state index in [4.69, 9.17) is 18.7 Å². The zero-order valence-corrected chi connectivity index (χ0v) is 13.9. The number of hydrogen-bond donors (Lipinski definition) is 0. The Morgan fingerprint density at radius 1 is 1.28 bits per heavy atom. The number of ether oxygens (including phenoxy) is 3. The molecular weight excluding hydrogens is 326 g/mol. The molecule has 25 heavy (non-hydrogen) atoms. The number of benzene rings is 1. The summed E-state index contributed by atoms with van der Waals surface area (Å²) in [6.07, 6.45) is 1.65. The van der Waals surface area contributed by atoms with Crippen LogP contribution in [-0.4, -0.2) is 46.9 Å². The number of amides is 1. The van der Waals surface area contributed by atoms with Gasteiger partial charge in [-0.05, 0) is 38.0 Å². The molecule has 1 fully saturated rings. The van der Waals surface area contributed by atoms with Gasteiger partial charge in [-0.3, -0.25) is 4.79 Å². The molecule has 0 unspecified atom stereocenters. The molecule has 0 bridgehead atoms. The molecular formula is C17H19N3O5. The molecule has 2 aromatic rings. The Labute approximate surface area is 144 Å². The minimum absolute atomic E-state index is 0.00396. The van der Waals surface area contributed by atoms with E-state index < -0.39 is 0 Å². The standard InChI is InChI=1S/C17H19N3O5/c1-11-18-16(25-19-11)9-22-13-4-6-20(7-5-13)17(21)12-2-3-14-15(8-12)24-10-23-14/h2-3,8,13H,4-7,9-10H2,1H3. The lowest BCUT2D eigenvalue weighted by atomic mass is 10.1. The van der Waals surface area contributed by atoms with Crippen molar-refractivity contribution in [3.63, 3.8) is 0 Å². The van der Waals surface area contributed by atoms with Crippen molar-refractivity contribution in [3.8, 4) is 11.5 Å². The van der Waals surface area contributed by atoms with Crippen molar-refractivity contribution in [2.45, 2.75) is 32.5 Å². The van der Waals surface area contributed by atoms with Crippen molar-refractivity contribution in [3.05, 3.63) is 35.5 Å². The number of carbonyl (C=O) groups excluding carboxylic acids is 1. The fourth-order valence-electron chi connectivity index (χ4n) is 3.03. The van der Waals surface area contributed by atoms with Gasteiger partial charge in [0.05, 0.1) is 6.10 Å². The first-order valence-corrected chi connectivity index (χ1v) is 8.29. The van der Waals surface area contributed by atoms with E-state index in [-0.39, 0.29) is 18.8 Å². The van der Waals surface area contributed by atoms with Crippen molar-refractivity contribution in [2.24, 2.45) is 0 Å².